The summed E-state index contributed by atoms with van der Waals surface area (Å²) in [6.07, 6.45) is 0.818. The predicted molar refractivity (Wildman–Crippen MR) is 91.2 cm³/mol. The molecular weight excluding hydrogens is 306 g/mol. The Balaban J connectivity index is 1.67. The van der Waals surface area contributed by atoms with Gasteiger partial charge in [-0.15, -0.1) is 0 Å². The number of ether oxygens (including phenoxy) is 1. The third-order valence-corrected chi connectivity index (χ3v) is 3.85. The first-order chi connectivity index (χ1) is 11.8. The molecule has 3 amide bonds. The van der Waals surface area contributed by atoms with Crippen LogP contribution in [0.1, 0.15) is 0 Å². The summed E-state index contributed by atoms with van der Waals surface area (Å²) in [5, 5.41) is 2.89. The summed E-state index contributed by atoms with van der Waals surface area (Å²) >= 11 is 0. The van der Waals surface area contributed by atoms with Crippen molar-refractivity contribution in [1.29, 1.82) is 0 Å². The number of hydrogen-bond acceptors (Lipinski definition) is 3. The highest BCUT2D eigenvalue weighted by Gasteiger charge is 2.21. The molecular formula is C18H19N3O3. The molecule has 0 aromatic heterocycles. The second-order valence-corrected chi connectivity index (χ2v) is 5.47. The highest BCUT2D eigenvalue weighted by atomic mass is 16.5. The molecule has 0 atom stereocenters. The molecule has 1 saturated heterocycles. The van der Waals surface area contributed by atoms with Crippen LogP contribution in [0.25, 0.3) is 0 Å². The molecule has 0 unspecified atom stereocenters. The van der Waals surface area contributed by atoms with Gasteiger partial charge in [-0.05, 0) is 24.3 Å². The number of carbonyl (C=O) groups excluding carboxylic acids is 2. The highest BCUT2D eigenvalue weighted by molar-refractivity contribution is 5.91. The summed E-state index contributed by atoms with van der Waals surface area (Å²) < 4.78 is 5.84. The minimum absolute atomic E-state index is 0.190. The smallest absolute Gasteiger partial charge is 0.322 e. The number of nitrogens with zero attached hydrogens (tertiary/aromatic N) is 2. The lowest BCUT2D eigenvalue weighted by Crippen LogP contribution is -2.49. The maximum atomic E-state index is 12.4. The van der Waals surface area contributed by atoms with Crippen LogP contribution in [0.3, 0.4) is 0 Å². The molecule has 6 heteroatoms. The summed E-state index contributed by atoms with van der Waals surface area (Å²) in [6, 6.07) is 16.5. The van der Waals surface area contributed by atoms with Crippen LogP contribution in [0, 0.1) is 0 Å². The highest BCUT2D eigenvalue weighted by Crippen LogP contribution is 2.29. The van der Waals surface area contributed by atoms with E-state index in [1.807, 2.05) is 48.5 Å². The lowest BCUT2D eigenvalue weighted by Gasteiger charge is -2.32. The SMILES string of the molecule is O=CN1CCN(C(=O)Nc2ccccc2Oc2ccccc2)CC1. The van der Waals surface area contributed by atoms with Crippen molar-refractivity contribution >= 4 is 18.1 Å². The number of piperazine rings is 1. The van der Waals surface area contributed by atoms with Crippen LogP contribution in [-0.2, 0) is 4.79 Å². The Morgan fingerprint density at radius 1 is 0.958 bits per heavy atom. The zero-order chi connectivity index (χ0) is 16.8. The van der Waals surface area contributed by atoms with Crippen LogP contribution in [0.2, 0.25) is 0 Å². The molecule has 24 heavy (non-hydrogen) atoms. The molecule has 0 spiro atoms. The fraction of sp³-hybridized carbons (Fsp3) is 0.222. The van der Waals surface area contributed by atoms with Gasteiger partial charge in [-0.25, -0.2) is 4.79 Å². The van der Waals surface area contributed by atoms with Crippen molar-refractivity contribution in [2.24, 2.45) is 0 Å². The monoisotopic (exact) mass is 325 g/mol. The Labute approximate surface area is 140 Å². The Kier molecular flexibility index (Phi) is 4.96. The molecule has 0 radical (unpaired) electrons. The fourth-order valence-electron chi connectivity index (χ4n) is 2.50. The summed E-state index contributed by atoms with van der Waals surface area (Å²) in [7, 11) is 0. The molecule has 124 valence electrons. The topological polar surface area (TPSA) is 61.9 Å². The van der Waals surface area contributed by atoms with Crippen LogP contribution in [0.5, 0.6) is 11.5 Å². The van der Waals surface area contributed by atoms with E-state index in [0.29, 0.717) is 43.4 Å². The van der Waals surface area contributed by atoms with Gasteiger partial charge in [0.05, 0.1) is 5.69 Å². The van der Waals surface area contributed by atoms with Crippen molar-refractivity contribution in [3.8, 4) is 11.5 Å². The Morgan fingerprint density at radius 2 is 1.62 bits per heavy atom. The molecule has 0 bridgehead atoms. The van der Waals surface area contributed by atoms with Gasteiger partial charge in [0.25, 0.3) is 0 Å². The van der Waals surface area contributed by atoms with Gasteiger partial charge >= 0.3 is 6.03 Å². The van der Waals surface area contributed by atoms with Gasteiger partial charge in [-0.3, -0.25) is 4.79 Å². The third kappa shape index (κ3) is 3.84. The fourth-order valence-corrected chi connectivity index (χ4v) is 2.50. The zero-order valence-corrected chi connectivity index (χ0v) is 13.2. The van der Waals surface area contributed by atoms with E-state index in [0.717, 1.165) is 6.41 Å². The first kappa shape index (κ1) is 15.9. The lowest BCUT2D eigenvalue weighted by molar-refractivity contribution is -0.119. The van der Waals surface area contributed by atoms with Crippen LogP contribution >= 0.6 is 0 Å². The zero-order valence-electron chi connectivity index (χ0n) is 13.2. The number of carbonyl (C=O) groups is 2. The molecule has 1 aliphatic rings. The van der Waals surface area contributed by atoms with E-state index in [1.54, 1.807) is 15.9 Å². The standard InChI is InChI=1S/C18H19N3O3/c22-14-20-10-12-21(13-11-20)18(23)19-16-8-4-5-9-17(16)24-15-6-2-1-3-7-15/h1-9,14H,10-13H2,(H,19,23). The maximum Gasteiger partial charge on any atom is 0.322 e. The second kappa shape index (κ2) is 7.50. The number of anilines is 1. The van der Waals surface area contributed by atoms with Crippen molar-refractivity contribution in [2.75, 3.05) is 31.5 Å². The van der Waals surface area contributed by atoms with E-state index in [4.69, 9.17) is 4.74 Å². The van der Waals surface area contributed by atoms with Gasteiger partial charge in [-0.2, -0.15) is 0 Å². The van der Waals surface area contributed by atoms with Crippen LogP contribution in [0.4, 0.5) is 10.5 Å². The first-order valence-corrected chi connectivity index (χ1v) is 7.83. The Bertz CT molecular complexity index is 698. The number of rotatable bonds is 4. The van der Waals surface area contributed by atoms with Gasteiger partial charge in [0, 0.05) is 26.2 Å². The van der Waals surface area contributed by atoms with E-state index in [1.165, 1.54) is 0 Å². The largest absolute Gasteiger partial charge is 0.455 e. The second-order valence-electron chi connectivity index (χ2n) is 5.47. The van der Waals surface area contributed by atoms with E-state index < -0.39 is 0 Å². The Morgan fingerprint density at radius 3 is 2.33 bits per heavy atom. The first-order valence-electron chi connectivity index (χ1n) is 7.83. The van der Waals surface area contributed by atoms with Crippen molar-refractivity contribution in [1.82, 2.24) is 9.80 Å². The van der Waals surface area contributed by atoms with Crippen LogP contribution in [-0.4, -0.2) is 48.4 Å². The quantitative estimate of drug-likeness (QED) is 0.879. The summed E-state index contributed by atoms with van der Waals surface area (Å²) in [4.78, 5) is 26.5. The molecule has 2 aromatic carbocycles. The molecule has 0 aliphatic carbocycles. The number of benzene rings is 2. The summed E-state index contributed by atoms with van der Waals surface area (Å²) in [5.74, 6) is 1.29. The van der Waals surface area contributed by atoms with Crippen molar-refractivity contribution in [2.45, 2.75) is 0 Å². The van der Waals surface area contributed by atoms with Crippen molar-refractivity contribution in [3.63, 3.8) is 0 Å². The van der Waals surface area contributed by atoms with Gasteiger partial charge in [0.15, 0.2) is 5.75 Å². The van der Waals surface area contributed by atoms with E-state index >= 15 is 0 Å². The van der Waals surface area contributed by atoms with Crippen molar-refractivity contribution < 1.29 is 14.3 Å². The van der Waals surface area contributed by atoms with Gasteiger partial charge in [0.1, 0.15) is 5.75 Å². The molecule has 1 heterocycles. The third-order valence-electron chi connectivity index (χ3n) is 3.85. The summed E-state index contributed by atoms with van der Waals surface area (Å²) in [5.41, 5.74) is 0.615. The van der Waals surface area contributed by atoms with Gasteiger partial charge in [0.2, 0.25) is 6.41 Å². The van der Waals surface area contributed by atoms with Gasteiger partial charge < -0.3 is 19.9 Å². The maximum absolute atomic E-state index is 12.4. The summed E-state index contributed by atoms with van der Waals surface area (Å²) in [6.45, 7) is 2.15. The molecule has 6 nitrogen and oxygen atoms in total. The number of hydrogen-bond donors (Lipinski definition) is 1. The molecule has 0 saturated carbocycles. The minimum atomic E-state index is -0.190. The molecule has 2 aromatic rings. The molecule has 1 aliphatic heterocycles. The number of urea groups is 1. The number of amides is 3. The minimum Gasteiger partial charge on any atom is -0.455 e. The molecule has 3 rings (SSSR count). The lowest BCUT2D eigenvalue weighted by atomic mass is 10.3. The van der Waals surface area contributed by atoms with E-state index in [-0.39, 0.29) is 6.03 Å². The normalized spacial score (nSPS) is 14.2. The van der Waals surface area contributed by atoms with E-state index in [2.05, 4.69) is 5.32 Å². The molecule has 1 N–H and O–H groups in total. The van der Waals surface area contributed by atoms with Crippen molar-refractivity contribution in [3.05, 3.63) is 54.6 Å². The number of nitrogens with one attached hydrogen (secondary N) is 1. The number of para-hydroxylation sites is 3. The Hall–Kier alpha value is -3.02. The average molecular weight is 325 g/mol. The molecule has 1 fully saturated rings. The predicted octanol–water partition coefficient (Wildman–Crippen LogP) is 2.78. The van der Waals surface area contributed by atoms with Crippen LogP contribution in [0.15, 0.2) is 54.6 Å². The average Bonchev–Trinajstić information content (AvgIpc) is 2.64. The van der Waals surface area contributed by atoms with E-state index in [9.17, 15) is 9.59 Å². The van der Waals surface area contributed by atoms with Gasteiger partial charge in [-0.1, -0.05) is 30.3 Å². The van der Waals surface area contributed by atoms with Crippen LogP contribution < -0.4 is 10.1 Å².